The van der Waals surface area contributed by atoms with E-state index in [1.54, 1.807) is 0 Å². The van der Waals surface area contributed by atoms with Gasteiger partial charge in [0.1, 0.15) is 11.9 Å². The van der Waals surface area contributed by atoms with E-state index in [4.69, 9.17) is 4.74 Å². The lowest BCUT2D eigenvalue weighted by Crippen LogP contribution is -2.36. The number of rotatable bonds is 4. The van der Waals surface area contributed by atoms with Crippen LogP contribution in [0.4, 0.5) is 0 Å². The first-order valence-electron chi connectivity index (χ1n) is 5.99. The van der Waals surface area contributed by atoms with E-state index in [1.807, 2.05) is 24.3 Å². The van der Waals surface area contributed by atoms with Gasteiger partial charge in [0.2, 0.25) is 0 Å². The molecule has 3 heteroatoms. The lowest BCUT2D eigenvalue weighted by molar-refractivity contribution is 0.225. The van der Waals surface area contributed by atoms with E-state index >= 15 is 0 Å². The van der Waals surface area contributed by atoms with Crippen molar-refractivity contribution in [3.8, 4) is 5.75 Å². The second-order valence-electron chi connectivity index (χ2n) is 4.48. The normalized spacial score (nSPS) is 26.3. The molecule has 0 saturated heterocycles. The molecule has 0 N–H and O–H groups in total. The van der Waals surface area contributed by atoms with Crippen molar-refractivity contribution in [3.05, 3.63) is 54.1 Å². The second-order valence-corrected chi connectivity index (χ2v) is 6.98. The van der Waals surface area contributed by atoms with Crippen LogP contribution in [0.2, 0.25) is 0 Å². The summed E-state index contributed by atoms with van der Waals surface area (Å²) in [5, 5.41) is 0.944. The Hall–Kier alpha value is -0.540. The van der Waals surface area contributed by atoms with Crippen LogP contribution in [0.15, 0.2) is 48.6 Å². The molecule has 0 amide bonds. The molecular weight excluding hydrogens is 356 g/mol. The van der Waals surface area contributed by atoms with Gasteiger partial charge in [-0.1, -0.05) is 68.3 Å². The molecular formula is C15H16Br2O. The molecule has 2 unspecified atom stereocenters. The fourth-order valence-electron chi connectivity index (χ4n) is 1.91. The van der Waals surface area contributed by atoms with Gasteiger partial charge in [0, 0.05) is 5.33 Å². The van der Waals surface area contributed by atoms with Crippen LogP contribution in [-0.4, -0.2) is 15.8 Å². The summed E-state index contributed by atoms with van der Waals surface area (Å²) >= 11 is 7.19. The zero-order valence-corrected chi connectivity index (χ0v) is 13.4. The highest BCUT2D eigenvalue weighted by molar-refractivity contribution is 9.10. The van der Waals surface area contributed by atoms with Crippen LogP contribution in [0.3, 0.4) is 0 Å². The number of hydrogen-bond acceptors (Lipinski definition) is 1. The van der Waals surface area contributed by atoms with E-state index in [2.05, 4.69) is 63.1 Å². The Bertz CT molecular complexity index is 463. The molecule has 1 aromatic carbocycles. The third-order valence-corrected chi connectivity index (χ3v) is 4.08. The molecule has 0 bridgehead atoms. The average Bonchev–Trinajstić information content (AvgIpc) is 2.34. The maximum absolute atomic E-state index is 6.15. The first-order valence-corrected chi connectivity index (χ1v) is 7.90. The molecule has 0 fully saturated rings. The van der Waals surface area contributed by atoms with Crippen molar-refractivity contribution in [1.29, 1.82) is 0 Å². The number of halogens is 2. The van der Waals surface area contributed by atoms with Gasteiger partial charge >= 0.3 is 0 Å². The molecule has 1 aromatic rings. The highest BCUT2D eigenvalue weighted by atomic mass is 79.9. The van der Waals surface area contributed by atoms with Crippen LogP contribution in [0.5, 0.6) is 5.75 Å². The molecule has 0 spiro atoms. The van der Waals surface area contributed by atoms with Gasteiger partial charge in [-0.2, -0.15) is 0 Å². The first-order chi connectivity index (χ1) is 8.63. The van der Waals surface area contributed by atoms with Crippen molar-refractivity contribution in [2.75, 3.05) is 5.33 Å². The number of aryl methyl sites for hydroxylation is 1. The van der Waals surface area contributed by atoms with Crippen molar-refractivity contribution in [2.45, 2.75) is 23.8 Å². The number of allylic oxidation sites excluding steroid dienone is 2. The predicted molar refractivity (Wildman–Crippen MR) is 84.0 cm³/mol. The van der Waals surface area contributed by atoms with Crippen LogP contribution in [0.1, 0.15) is 12.5 Å². The summed E-state index contributed by atoms with van der Waals surface area (Å²) < 4.78 is 6.00. The summed E-state index contributed by atoms with van der Waals surface area (Å²) in [4.78, 5) is 0. The summed E-state index contributed by atoms with van der Waals surface area (Å²) in [5.74, 6) is 0.965. The third kappa shape index (κ3) is 3.27. The lowest BCUT2D eigenvalue weighted by atomic mass is 9.99. The number of alkyl halides is 2. The van der Waals surface area contributed by atoms with Crippen LogP contribution < -0.4 is 4.74 Å². The fraction of sp³-hybridized carbons (Fsp3) is 0.333. The van der Waals surface area contributed by atoms with Gasteiger partial charge in [0.15, 0.2) is 0 Å². The molecule has 1 nitrogen and oxygen atoms in total. The van der Waals surface area contributed by atoms with Gasteiger partial charge in [-0.3, -0.25) is 0 Å². The van der Waals surface area contributed by atoms with Crippen molar-refractivity contribution >= 4 is 31.9 Å². The van der Waals surface area contributed by atoms with Gasteiger partial charge in [0.05, 0.1) is 4.32 Å². The molecule has 2 rings (SSSR count). The number of hydrogen-bond donors (Lipinski definition) is 0. The molecule has 0 aliphatic heterocycles. The average molecular weight is 372 g/mol. The molecule has 18 heavy (non-hydrogen) atoms. The van der Waals surface area contributed by atoms with Crippen LogP contribution in [-0.2, 0) is 6.42 Å². The minimum atomic E-state index is -0.150. The SMILES string of the molecule is CC1(Br)C=CC=CC1Oc1ccccc1CCBr. The topological polar surface area (TPSA) is 9.23 Å². The summed E-state index contributed by atoms with van der Waals surface area (Å²) in [5.41, 5.74) is 1.24. The highest BCUT2D eigenvalue weighted by Crippen LogP contribution is 2.32. The summed E-state index contributed by atoms with van der Waals surface area (Å²) in [6.07, 6.45) is 9.25. The highest BCUT2D eigenvalue weighted by Gasteiger charge is 2.30. The van der Waals surface area contributed by atoms with Gasteiger partial charge in [-0.05, 0) is 31.1 Å². The van der Waals surface area contributed by atoms with E-state index in [0.717, 1.165) is 17.5 Å². The fourth-order valence-corrected chi connectivity index (χ4v) is 2.74. The van der Waals surface area contributed by atoms with Crippen LogP contribution in [0, 0.1) is 0 Å². The summed E-state index contributed by atoms with van der Waals surface area (Å²) in [7, 11) is 0. The first kappa shape index (κ1) is 13.9. The molecule has 0 heterocycles. The maximum Gasteiger partial charge on any atom is 0.136 e. The zero-order chi connectivity index (χ0) is 13.0. The Balaban J connectivity index is 2.19. The lowest BCUT2D eigenvalue weighted by Gasteiger charge is -2.30. The van der Waals surface area contributed by atoms with Crippen molar-refractivity contribution < 1.29 is 4.74 Å². The molecule has 0 aromatic heterocycles. The van der Waals surface area contributed by atoms with E-state index in [-0.39, 0.29) is 10.4 Å². The Kier molecular flexibility index (Phi) is 4.68. The number of para-hydroxylation sites is 1. The largest absolute Gasteiger partial charge is 0.484 e. The molecule has 96 valence electrons. The predicted octanol–water partition coefficient (Wildman–Crippen LogP) is 4.65. The standard InChI is InChI=1S/C15H16Br2O/c1-15(17)10-5-4-8-14(15)18-13-7-3-2-6-12(13)9-11-16/h2-8,10,14H,9,11H2,1H3. The third-order valence-electron chi connectivity index (χ3n) is 2.97. The second kappa shape index (κ2) is 6.07. The summed E-state index contributed by atoms with van der Waals surface area (Å²) in [6, 6.07) is 8.22. The van der Waals surface area contributed by atoms with Gasteiger partial charge in [-0.15, -0.1) is 0 Å². The Morgan fingerprint density at radius 1 is 1.28 bits per heavy atom. The molecule has 1 aliphatic carbocycles. The van der Waals surface area contributed by atoms with Crippen molar-refractivity contribution in [3.63, 3.8) is 0 Å². The van der Waals surface area contributed by atoms with E-state index < -0.39 is 0 Å². The Morgan fingerprint density at radius 3 is 2.78 bits per heavy atom. The van der Waals surface area contributed by atoms with Crippen molar-refractivity contribution in [2.24, 2.45) is 0 Å². The zero-order valence-electron chi connectivity index (χ0n) is 10.3. The minimum Gasteiger partial charge on any atom is -0.484 e. The monoisotopic (exact) mass is 370 g/mol. The van der Waals surface area contributed by atoms with Crippen LogP contribution >= 0.6 is 31.9 Å². The van der Waals surface area contributed by atoms with Gasteiger partial charge < -0.3 is 4.74 Å². The van der Waals surface area contributed by atoms with Crippen molar-refractivity contribution in [1.82, 2.24) is 0 Å². The molecule has 1 aliphatic rings. The molecule has 2 atom stereocenters. The van der Waals surface area contributed by atoms with E-state index in [1.165, 1.54) is 5.56 Å². The maximum atomic E-state index is 6.15. The number of benzene rings is 1. The van der Waals surface area contributed by atoms with E-state index in [0.29, 0.717) is 0 Å². The summed E-state index contributed by atoms with van der Waals surface area (Å²) in [6.45, 7) is 2.12. The molecule has 0 saturated carbocycles. The van der Waals surface area contributed by atoms with Gasteiger partial charge in [-0.25, -0.2) is 0 Å². The minimum absolute atomic E-state index is 0.0129. The van der Waals surface area contributed by atoms with Crippen LogP contribution in [0.25, 0.3) is 0 Å². The van der Waals surface area contributed by atoms with E-state index in [9.17, 15) is 0 Å². The Labute approximate surface area is 125 Å². The number of ether oxygens (including phenoxy) is 1. The quantitative estimate of drug-likeness (QED) is 0.700. The smallest absolute Gasteiger partial charge is 0.136 e. The van der Waals surface area contributed by atoms with Gasteiger partial charge in [0.25, 0.3) is 0 Å². The molecule has 0 radical (unpaired) electrons. The Morgan fingerprint density at radius 2 is 2.06 bits per heavy atom.